The van der Waals surface area contributed by atoms with Crippen molar-refractivity contribution in [2.45, 2.75) is 109 Å². The second-order valence-electron chi connectivity index (χ2n) is 10.5. The Hall–Kier alpha value is -2.81. The van der Waals surface area contributed by atoms with Gasteiger partial charge in [0.25, 0.3) is 0 Å². The van der Waals surface area contributed by atoms with E-state index in [0.29, 0.717) is 22.3 Å². The lowest BCUT2D eigenvalue weighted by Crippen LogP contribution is -2.23. The van der Waals surface area contributed by atoms with Crippen LogP contribution in [0.1, 0.15) is 115 Å². The second kappa shape index (κ2) is 14.8. The van der Waals surface area contributed by atoms with Crippen LogP contribution in [-0.4, -0.2) is 0 Å². The van der Waals surface area contributed by atoms with Crippen LogP contribution in [0.4, 0.5) is 0 Å². The average Bonchev–Trinajstić information content (AvgIpc) is 2.93. The zero-order chi connectivity index (χ0) is 25.7. The first kappa shape index (κ1) is 27.2. The third kappa shape index (κ3) is 7.60. The highest BCUT2D eigenvalue weighted by molar-refractivity contribution is 5.82. The van der Waals surface area contributed by atoms with E-state index in [1.807, 2.05) is 48.5 Å². The standard InChI is InChI=1S/C34H44O3/c1-2-3-4-5-6-7-8-9-10-11-12-13-14-15-16-17-26-31-32-33(35)27-22-18-20-24-29(27)37-34(32)28-23-19-21-25-30(28)36-31/h2-3,18-25,31H,4-17,26H2,1H3/b3-2+/t31-/m0/s1. The van der Waals surface area contributed by atoms with Crippen molar-refractivity contribution in [2.75, 3.05) is 0 Å². The van der Waals surface area contributed by atoms with Crippen LogP contribution in [-0.2, 0) is 0 Å². The maximum atomic E-state index is 13.4. The maximum absolute atomic E-state index is 13.4. The van der Waals surface area contributed by atoms with Crippen molar-refractivity contribution in [1.29, 1.82) is 0 Å². The van der Waals surface area contributed by atoms with Gasteiger partial charge in [-0.3, -0.25) is 4.79 Å². The van der Waals surface area contributed by atoms with Gasteiger partial charge in [-0.25, -0.2) is 0 Å². The van der Waals surface area contributed by atoms with Crippen LogP contribution in [0, 0.1) is 0 Å². The Balaban J connectivity index is 1.16. The molecule has 0 fully saturated rings. The molecule has 0 spiro atoms. The first-order valence-corrected chi connectivity index (χ1v) is 14.7. The van der Waals surface area contributed by atoms with Crippen LogP contribution in [0.5, 0.6) is 5.75 Å². The molecule has 37 heavy (non-hydrogen) atoms. The third-order valence-corrected chi connectivity index (χ3v) is 7.63. The quantitative estimate of drug-likeness (QED) is 0.145. The summed E-state index contributed by atoms with van der Waals surface area (Å²) in [5.74, 6) is 1.50. The number of allylic oxidation sites excluding steroid dienone is 2. The number of ether oxygens (including phenoxy) is 1. The minimum atomic E-state index is -0.242. The molecule has 0 unspecified atom stereocenters. The van der Waals surface area contributed by atoms with Crippen molar-refractivity contribution in [3.05, 3.63) is 76.5 Å². The Morgan fingerprint density at radius 2 is 1.32 bits per heavy atom. The lowest BCUT2D eigenvalue weighted by Gasteiger charge is -2.27. The predicted molar refractivity (Wildman–Crippen MR) is 155 cm³/mol. The largest absolute Gasteiger partial charge is 0.485 e. The number of rotatable bonds is 16. The Bertz CT molecular complexity index is 1190. The molecule has 1 atom stereocenters. The zero-order valence-electron chi connectivity index (χ0n) is 22.7. The van der Waals surface area contributed by atoms with Crippen LogP contribution in [0.3, 0.4) is 0 Å². The van der Waals surface area contributed by atoms with Gasteiger partial charge < -0.3 is 9.15 Å². The summed E-state index contributed by atoms with van der Waals surface area (Å²) in [5, 5.41) is 0.638. The van der Waals surface area contributed by atoms with Crippen LogP contribution < -0.4 is 10.2 Å². The molecule has 0 aliphatic carbocycles. The SMILES string of the molecule is C/C=C/CCCCCCCCCCCCCCC[C@@H]1Oc2ccccc2-c2oc3ccccc3c(=O)c21. The summed E-state index contributed by atoms with van der Waals surface area (Å²) < 4.78 is 12.6. The van der Waals surface area contributed by atoms with E-state index in [-0.39, 0.29) is 11.5 Å². The molecule has 3 aromatic rings. The summed E-state index contributed by atoms with van der Waals surface area (Å²) in [7, 11) is 0. The van der Waals surface area contributed by atoms with Crippen molar-refractivity contribution in [1.82, 2.24) is 0 Å². The molecule has 0 radical (unpaired) electrons. The molecule has 2 aromatic carbocycles. The number of fused-ring (bicyclic) bond motifs is 4. The van der Waals surface area contributed by atoms with E-state index in [4.69, 9.17) is 9.15 Å². The van der Waals surface area contributed by atoms with Crippen LogP contribution in [0.25, 0.3) is 22.3 Å². The lowest BCUT2D eigenvalue weighted by atomic mass is 9.93. The molecule has 3 heteroatoms. The minimum absolute atomic E-state index is 0.0463. The van der Waals surface area contributed by atoms with E-state index in [9.17, 15) is 4.79 Å². The first-order valence-electron chi connectivity index (χ1n) is 14.7. The van der Waals surface area contributed by atoms with Crippen molar-refractivity contribution in [3.8, 4) is 17.1 Å². The monoisotopic (exact) mass is 500 g/mol. The van der Waals surface area contributed by atoms with E-state index < -0.39 is 0 Å². The summed E-state index contributed by atoms with van der Waals surface area (Å²) in [4.78, 5) is 13.4. The zero-order valence-corrected chi connectivity index (χ0v) is 22.7. The van der Waals surface area contributed by atoms with Gasteiger partial charge in [-0.2, -0.15) is 0 Å². The van der Waals surface area contributed by atoms with Gasteiger partial charge in [-0.15, -0.1) is 0 Å². The van der Waals surface area contributed by atoms with Gasteiger partial charge in [0, 0.05) is 0 Å². The minimum Gasteiger partial charge on any atom is -0.485 e. The number of para-hydroxylation sites is 2. The molecule has 1 aromatic heterocycles. The van der Waals surface area contributed by atoms with Crippen molar-refractivity contribution < 1.29 is 9.15 Å². The fraction of sp³-hybridized carbons (Fsp3) is 0.500. The number of unbranched alkanes of at least 4 members (excludes halogenated alkanes) is 13. The van der Waals surface area contributed by atoms with Crippen molar-refractivity contribution in [2.24, 2.45) is 0 Å². The molecule has 1 aliphatic rings. The van der Waals surface area contributed by atoms with E-state index in [0.717, 1.165) is 24.2 Å². The van der Waals surface area contributed by atoms with Crippen LogP contribution in [0.2, 0.25) is 0 Å². The smallest absolute Gasteiger partial charge is 0.200 e. The first-order chi connectivity index (χ1) is 18.3. The fourth-order valence-electron chi connectivity index (χ4n) is 5.52. The van der Waals surface area contributed by atoms with E-state index in [1.54, 1.807) is 0 Å². The van der Waals surface area contributed by atoms with Gasteiger partial charge >= 0.3 is 0 Å². The molecule has 4 rings (SSSR count). The summed E-state index contributed by atoms with van der Waals surface area (Å²) in [5.41, 5.74) is 2.25. The van der Waals surface area contributed by atoms with Gasteiger partial charge in [0.1, 0.15) is 23.2 Å². The van der Waals surface area contributed by atoms with Crippen LogP contribution >= 0.6 is 0 Å². The molecule has 0 N–H and O–H groups in total. The summed E-state index contributed by atoms with van der Waals surface area (Å²) >= 11 is 0. The molecular weight excluding hydrogens is 456 g/mol. The Morgan fingerprint density at radius 1 is 0.730 bits per heavy atom. The Labute approximate surface area is 222 Å². The van der Waals surface area contributed by atoms with Gasteiger partial charge in [-0.1, -0.05) is 107 Å². The second-order valence-corrected chi connectivity index (χ2v) is 10.5. The highest BCUT2D eigenvalue weighted by Crippen LogP contribution is 2.43. The maximum Gasteiger partial charge on any atom is 0.200 e. The third-order valence-electron chi connectivity index (χ3n) is 7.63. The highest BCUT2D eigenvalue weighted by atomic mass is 16.5. The van der Waals surface area contributed by atoms with Gasteiger partial charge in [0.05, 0.1) is 16.5 Å². The van der Waals surface area contributed by atoms with Gasteiger partial charge in [0.15, 0.2) is 5.43 Å². The van der Waals surface area contributed by atoms with Gasteiger partial charge in [0.2, 0.25) is 0 Å². The molecule has 3 nitrogen and oxygen atoms in total. The number of hydrogen-bond donors (Lipinski definition) is 0. The number of benzene rings is 2. The molecule has 0 saturated heterocycles. The molecule has 0 saturated carbocycles. The molecule has 198 valence electrons. The predicted octanol–water partition coefficient (Wildman–Crippen LogP) is 10.3. The topological polar surface area (TPSA) is 39.4 Å². The number of hydrogen-bond acceptors (Lipinski definition) is 3. The highest BCUT2D eigenvalue weighted by Gasteiger charge is 2.31. The Morgan fingerprint density at radius 3 is 2.03 bits per heavy atom. The molecule has 2 heterocycles. The van der Waals surface area contributed by atoms with E-state index in [2.05, 4.69) is 19.1 Å². The fourth-order valence-corrected chi connectivity index (χ4v) is 5.52. The summed E-state index contributed by atoms with van der Waals surface area (Å²) in [6.07, 6.45) is 23.5. The van der Waals surface area contributed by atoms with Crippen molar-refractivity contribution in [3.63, 3.8) is 0 Å². The lowest BCUT2D eigenvalue weighted by molar-refractivity contribution is 0.182. The average molecular weight is 501 g/mol. The van der Waals surface area contributed by atoms with Gasteiger partial charge in [-0.05, 0) is 56.9 Å². The molecule has 0 amide bonds. The van der Waals surface area contributed by atoms with E-state index >= 15 is 0 Å². The Kier molecular flexibility index (Phi) is 10.9. The summed E-state index contributed by atoms with van der Waals surface area (Å²) in [6.45, 7) is 2.10. The molecular formula is C34H44O3. The summed E-state index contributed by atoms with van der Waals surface area (Å²) in [6, 6.07) is 15.4. The van der Waals surface area contributed by atoms with Crippen molar-refractivity contribution >= 4 is 11.0 Å². The van der Waals surface area contributed by atoms with Crippen LogP contribution in [0.15, 0.2) is 69.9 Å². The molecule has 0 bridgehead atoms. The van der Waals surface area contributed by atoms with E-state index in [1.165, 1.54) is 83.5 Å². The molecule has 1 aliphatic heterocycles. The normalized spacial score (nSPS) is 14.6.